The number of hydrogen-bond donors (Lipinski definition) is 3. The fraction of sp³-hybridized carbons (Fsp3) is 0.200. The van der Waals surface area contributed by atoms with Crippen molar-refractivity contribution in [3.63, 3.8) is 0 Å². The van der Waals surface area contributed by atoms with Gasteiger partial charge in [0.25, 0.3) is 0 Å². The minimum Gasteiger partial charge on any atom is -0.481 e. The highest BCUT2D eigenvalue weighted by atomic mass is 16.4. The lowest BCUT2D eigenvalue weighted by Crippen LogP contribution is -2.22. The molecular weight excluding hydrogens is 194 g/mol. The molecular formula is C10H13N3O2. The predicted octanol–water partition coefficient (Wildman–Crippen LogP) is 0.609. The summed E-state index contributed by atoms with van der Waals surface area (Å²) >= 11 is 0. The highest BCUT2D eigenvalue weighted by Crippen LogP contribution is 2.19. The number of hydrogen-bond acceptors (Lipinski definition) is 2. The number of para-hydroxylation sites is 1. The van der Waals surface area contributed by atoms with Crippen molar-refractivity contribution in [2.75, 3.05) is 0 Å². The van der Waals surface area contributed by atoms with Gasteiger partial charge < -0.3 is 16.6 Å². The molecule has 1 aromatic carbocycles. The average Bonchev–Trinajstić information content (AvgIpc) is 2.15. The summed E-state index contributed by atoms with van der Waals surface area (Å²) in [6.45, 7) is 0. The summed E-state index contributed by atoms with van der Waals surface area (Å²) in [6.07, 6.45) is 0.485. The van der Waals surface area contributed by atoms with Gasteiger partial charge in [-0.3, -0.25) is 4.79 Å². The molecule has 0 aliphatic rings. The molecule has 1 aromatic rings. The number of aliphatic imine (C=N–C) groups is 1. The second-order valence-electron chi connectivity index (χ2n) is 3.06. The predicted molar refractivity (Wildman–Crippen MR) is 57.9 cm³/mol. The number of nitrogens with two attached hydrogens (primary N) is 2. The van der Waals surface area contributed by atoms with Crippen molar-refractivity contribution >= 4 is 17.6 Å². The molecule has 80 valence electrons. The van der Waals surface area contributed by atoms with Crippen molar-refractivity contribution in [2.24, 2.45) is 16.5 Å². The molecule has 5 nitrogen and oxygen atoms in total. The number of carboxylic acids is 1. The molecule has 0 unspecified atom stereocenters. The van der Waals surface area contributed by atoms with Gasteiger partial charge in [0.05, 0.1) is 5.69 Å². The van der Waals surface area contributed by atoms with Crippen LogP contribution >= 0.6 is 0 Å². The highest BCUT2D eigenvalue weighted by Gasteiger charge is 2.03. The lowest BCUT2D eigenvalue weighted by atomic mass is 10.1. The van der Waals surface area contributed by atoms with Crippen LogP contribution in [0.5, 0.6) is 0 Å². The summed E-state index contributed by atoms with van der Waals surface area (Å²) in [5, 5.41) is 8.56. The molecule has 0 radical (unpaired) electrons. The third-order valence-electron chi connectivity index (χ3n) is 1.85. The SMILES string of the molecule is NC(N)=Nc1ccccc1CCC(=O)O. The number of guanidine groups is 1. The molecule has 0 aromatic heterocycles. The van der Waals surface area contributed by atoms with Gasteiger partial charge in [-0.1, -0.05) is 18.2 Å². The van der Waals surface area contributed by atoms with E-state index in [9.17, 15) is 4.79 Å². The zero-order chi connectivity index (χ0) is 11.3. The Balaban J connectivity index is 2.86. The first kappa shape index (κ1) is 11.0. The van der Waals surface area contributed by atoms with Gasteiger partial charge in [0.15, 0.2) is 5.96 Å². The second-order valence-corrected chi connectivity index (χ2v) is 3.06. The lowest BCUT2D eigenvalue weighted by Gasteiger charge is -2.03. The fourth-order valence-electron chi connectivity index (χ4n) is 1.21. The maximum Gasteiger partial charge on any atom is 0.303 e. The Morgan fingerprint density at radius 1 is 1.33 bits per heavy atom. The third-order valence-corrected chi connectivity index (χ3v) is 1.85. The minimum absolute atomic E-state index is 0.0298. The molecule has 5 heteroatoms. The molecule has 0 saturated carbocycles. The van der Waals surface area contributed by atoms with Gasteiger partial charge >= 0.3 is 5.97 Å². The normalized spacial score (nSPS) is 9.60. The van der Waals surface area contributed by atoms with E-state index in [1.165, 1.54) is 0 Å². The van der Waals surface area contributed by atoms with Crippen LogP contribution in [0.2, 0.25) is 0 Å². The molecule has 0 spiro atoms. The van der Waals surface area contributed by atoms with Crippen LogP contribution in [0.25, 0.3) is 0 Å². The molecule has 15 heavy (non-hydrogen) atoms. The number of rotatable bonds is 4. The van der Waals surface area contributed by atoms with E-state index in [2.05, 4.69) is 4.99 Å². The van der Waals surface area contributed by atoms with Crippen molar-refractivity contribution < 1.29 is 9.90 Å². The van der Waals surface area contributed by atoms with Crippen molar-refractivity contribution in [3.05, 3.63) is 29.8 Å². The quantitative estimate of drug-likeness (QED) is 0.497. The van der Waals surface area contributed by atoms with Crippen molar-refractivity contribution in [3.8, 4) is 0 Å². The standard InChI is InChI=1S/C10H13N3O2/c11-10(12)13-8-4-2-1-3-7(8)5-6-9(14)15/h1-4H,5-6H2,(H,14,15)(H4,11,12,13). The zero-order valence-corrected chi connectivity index (χ0v) is 8.18. The topological polar surface area (TPSA) is 102 Å². The molecule has 0 fully saturated rings. The van der Waals surface area contributed by atoms with Crippen LogP contribution in [0.15, 0.2) is 29.3 Å². The Labute approximate surface area is 87.4 Å². The van der Waals surface area contributed by atoms with Crippen LogP contribution < -0.4 is 11.5 Å². The van der Waals surface area contributed by atoms with E-state index in [0.717, 1.165) is 5.56 Å². The third kappa shape index (κ3) is 3.68. The molecule has 0 atom stereocenters. The largest absolute Gasteiger partial charge is 0.481 e. The zero-order valence-electron chi connectivity index (χ0n) is 8.18. The van der Waals surface area contributed by atoms with E-state index in [-0.39, 0.29) is 12.4 Å². The van der Waals surface area contributed by atoms with Crippen LogP contribution in [0, 0.1) is 0 Å². The van der Waals surface area contributed by atoms with E-state index in [4.69, 9.17) is 16.6 Å². The highest BCUT2D eigenvalue weighted by molar-refractivity contribution is 5.79. The molecule has 5 N–H and O–H groups in total. The number of aryl methyl sites for hydroxylation is 1. The van der Waals surface area contributed by atoms with Crippen molar-refractivity contribution in [2.45, 2.75) is 12.8 Å². The van der Waals surface area contributed by atoms with Crippen molar-refractivity contribution in [1.82, 2.24) is 0 Å². The van der Waals surface area contributed by atoms with Gasteiger partial charge in [-0.05, 0) is 18.1 Å². The number of aliphatic carboxylic acids is 1. The van der Waals surface area contributed by atoms with Crippen LogP contribution in [-0.4, -0.2) is 17.0 Å². The molecule has 0 bridgehead atoms. The van der Waals surface area contributed by atoms with Gasteiger partial charge in [-0.25, -0.2) is 4.99 Å². The Morgan fingerprint density at radius 2 is 2.00 bits per heavy atom. The Kier molecular flexibility index (Phi) is 3.68. The van der Waals surface area contributed by atoms with Crippen LogP contribution in [0.1, 0.15) is 12.0 Å². The lowest BCUT2D eigenvalue weighted by molar-refractivity contribution is -0.136. The minimum atomic E-state index is -0.838. The summed E-state index contributed by atoms with van der Waals surface area (Å²) in [5.74, 6) is -0.868. The Hall–Kier alpha value is -2.04. The van der Waals surface area contributed by atoms with Gasteiger partial charge in [0.1, 0.15) is 0 Å². The van der Waals surface area contributed by atoms with Gasteiger partial charge in [-0.2, -0.15) is 0 Å². The summed E-state index contributed by atoms with van der Waals surface area (Å²) in [4.78, 5) is 14.3. The summed E-state index contributed by atoms with van der Waals surface area (Å²) in [5.41, 5.74) is 12.0. The van der Waals surface area contributed by atoms with E-state index in [1.807, 2.05) is 12.1 Å². The summed E-state index contributed by atoms with van der Waals surface area (Å²) < 4.78 is 0. The van der Waals surface area contributed by atoms with Crippen LogP contribution in [0.3, 0.4) is 0 Å². The molecule has 0 aliphatic heterocycles. The van der Waals surface area contributed by atoms with Crippen LogP contribution in [0.4, 0.5) is 5.69 Å². The Bertz CT molecular complexity index is 384. The number of carboxylic acid groups (broad SMARTS) is 1. The molecule has 0 amide bonds. The first-order chi connectivity index (χ1) is 7.09. The molecule has 0 heterocycles. The number of carbonyl (C=O) groups is 1. The maximum atomic E-state index is 10.4. The molecule has 1 rings (SSSR count). The van der Waals surface area contributed by atoms with E-state index < -0.39 is 5.97 Å². The second kappa shape index (κ2) is 4.99. The summed E-state index contributed by atoms with van der Waals surface area (Å²) in [7, 11) is 0. The van der Waals surface area contributed by atoms with Gasteiger partial charge in [0, 0.05) is 6.42 Å². The first-order valence-electron chi connectivity index (χ1n) is 4.49. The number of benzene rings is 1. The summed E-state index contributed by atoms with van der Waals surface area (Å²) in [6, 6.07) is 7.18. The monoisotopic (exact) mass is 207 g/mol. The average molecular weight is 207 g/mol. The molecule has 0 aliphatic carbocycles. The van der Waals surface area contributed by atoms with Crippen LogP contribution in [-0.2, 0) is 11.2 Å². The Morgan fingerprint density at radius 3 is 2.60 bits per heavy atom. The van der Waals surface area contributed by atoms with Gasteiger partial charge in [0.2, 0.25) is 0 Å². The van der Waals surface area contributed by atoms with E-state index in [1.54, 1.807) is 12.1 Å². The maximum absolute atomic E-state index is 10.4. The van der Waals surface area contributed by atoms with E-state index in [0.29, 0.717) is 12.1 Å². The fourth-order valence-corrected chi connectivity index (χ4v) is 1.21. The molecule has 0 saturated heterocycles. The smallest absolute Gasteiger partial charge is 0.303 e. The number of nitrogens with zero attached hydrogens (tertiary/aromatic N) is 1. The first-order valence-corrected chi connectivity index (χ1v) is 4.49. The van der Waals surface area contributed by atoms with E-state index >= 15 is 0 Å². The van der Waals surface area contributed by atoms with Crippen molar-refractivity contribution in [1.29, 1.82) is 0 Å². The van der Waals surface area contributed by atoms with Gasteiger partial charge in [-0.15, -0.1) is 0 Å².